The highest BCUT2D eigenvalue weighted by molar-refractivity contribution is 5.85. The standard InChI is InChI=1S/C27H30N6O/c1-31-13-15-32(16-14-31)21-17-20(18-21)27-30-24(25-26(28)29-11-12-33(25)27)19-7-9-23(10-8-19)34-22-5-3-2-4-6-22/h2-12,20-21H,13-18H2,1H3,(H2,28,29)/t20-,21+. The molecule has 34 heavy (non-hydrogen) atoms. The Kier molecular flexibility index (Phi) is 5.43. The van der Waals surface area contributed by atoms with Crippen LogP contribution in [0, 0.1) is 0 Å². The summed E-state index contributed by atoms with van der Waals surface area (Å²) in [5, 5.41) is 0. The van der Waals surface area contributed by atoms with Crippen LogP contribution in [0.2, 0.25) is 0 Å². The highest BCUT2D eigenvalue weighted by atomic mass is 16.5. The molecule has 1 saturated heterocycles. The summed E-state index contributed by atoms with van der Waals surface area (Å²) in [6.45, 7) is 4.64. The number of ether oxygens (including phenoxy) is 1. The number of fused-ring (bicyclic) bond motifs is 1. The molecule has 0 bridgehead atoms. The summed E-state index contributed by atoms with van der Waals surface area (Å²) in [5.41, 5.74) is 9.13. The molecule has 7 nitrogen and oxygen atoms in total. The van der Waals surface area contributed by atoms with Crippen molar-refractivity contribution in [3.05, 3.63) is 72.8 Å². The Labute approximate surface area is 199 Å². The number of anilines is 1. The molecule has 1 aliphatic carbocycles. The van der Waals surface area contributed by atoms with Gasteiger partial charge < -0.3 is 15.4 Å². The Hall–Kier alpha value is -3.42. The van der Waals surface area contributed by atoms with E-state index >= 15 is 0 Å². The van der Waals surface area contributed by atoms with Crippen LogP contribution in [0.3, 0.4) is 0 Å². The molecule has 0 amide bonds. The molecule has 0 unspecified atom stereocenters. The Morgan fingerprint density at radius 2 is 1.62 bits per heavy atom. The minimum Gasteiger partial charge on any atom is -0.457 e. The highest BCUT2D eigenvalue weighted by Gasteiger charge is 2.38. The van der Waals surface area contributed by atoms with Gasteiger partial charge in [-0.15, -0.1) is 0 Å². The molecule has 2 aromatic heterocycles. The number of nitrogens with zero attached hydrogens (tertiary/aromatic N) is 5. The van der Waals surface area contributed by atoms with Gasteiger partial charge in [-0.05, 0) is 56.3 Å². The maximum Gasteiger partial charge on any atom is 0.150 e. The van der Waals surface area contributed by atoms with E-state index in [-0.39, 0.29) is 0 Å². The van der Waals surface area contributed by atoms with Gasteiger partial charge in [-0.1, -0.05) is 18.2 Å². The second-order valence-corrected chi connectivity index (χ2v) is 9.45. The number of likely N-dealkylation sites (N-methyl/N-ethyl adjacent to an activating group) is 1. The zero-order chi connectivity index (χ0) is 23.1. The SMILES string of the molecule is CN1CCN([C@H]2C[C@@H](c3nc(-c4ccc(Oc5ccccc5)cc4)c4c(N)nccn43)C2)CC1. The van der Waals surface area contributed by atoms with E-state index in [1.807, 2.05) is 60.8 Å². The number of nitrogen functional groups attached to an aromatic ring is 1. The number of benzene rings is 2. The van der Waals surface area contributed by atoms with Crippen LogP contribution in [0.1, 0.15) is 24.6 Å². The normalized spacial score (nSPS) is 21.4. The number of rotatable bonds is 5. The lowest BCUT2D eigenvalue weighted by atomic mass is 9.78. The average Bonchev–Trinajstić information content (AvgIpc) is 3.21. The molecular weight excluding hydrogens is 424 g/mol. The number of hydrogen-bond donors (Lipinski definition) is 1. The smallest absolute Gasteiger partial charge is 0.150 e. The minimum atomic E-state index is 0.438. The van der Waals surface area contributed by atoms with Gasteiger partial charge in [0.1, 0.15) is 34.4 Å². The Morgan fingerprint density at radius 3 is 2.35 bits per heavy atom. The number of piperazine rings is 1. The summed E-state index contributed by atoms with van der Waals surface area (Å²) >= 11 is 0. The van der Waals surface area contributed by atoms with E-state index < -0.39 is 0 Å². The number of nitrogens with two attached hydrogens (primary N) is 1. The highest BCUT2D eigenvalue weighted by Crippen LogP contribution is 2.42. The van der Waals surface area contributed by atoms with Gasteiger partial charge in [0.05, 0.1) is 0 Å². The molecule has 2 aromatic carbocycles. The molecule has 0 atom stereocenters. The Bertz CT molecular complexity index is 1270. The molecule has 6 rings (SSSR count). The maximum absolute atomic E-state index is 6.35. The maximum atomic E-state index is 6.35. The van der Waals surface area contributed by atoms with E-state index in [2.05, 4.69) is 26.2 Å². The van der Waals surface area contributed by atoms with Crippen LogP contribution in [0.5, 0.6) is 11.5 Å². The van der Waals surface area contributed by atoms with E-state index in [4.69, 9.17) is 15.5 Å². The zero-order valence-corrected chi connectivity index (χ0v) is 19.5. The summed E-state index contributed by atoms with van der Waals surface area (Å²) in [6, 6.07) is 18.5. The van der Waals surface area contributed by atoms with Gasteiger partial charge in [0, 0.05) is 56.1 Å². The van der Waals surface area contributed by atoms with E-state index in [1.165, 1.54) is 0 Å². The molecule has 1 aliphatic heterocycles. The summed E-state index contributed by atoms with van der Waals surface area (Å²) in [4.78, 5) is 14.5. The van der Waals surface area contributed by atoms with Crippen molar-refractivity contribution in [3.8, 4) is 22.8 Å². The van der Waals surface area contributed by atoms with Gasteiger partial charge >= 0.3 is 0 Å². The van der Waals surface area contributed by atoms with Gasteiger partial charge in [-0.3, -0.25) is 9.30 Å². The molecule has 2 fully saturated rings. The molecule has 4 aromatic rings. The summed E-state index contributed by atoms with van der Waals surface area (Å²) in [6.07, 6.45) is 6.06. The van der Waals surface area contributed by atoms with Crippen LogP contribution in [-0.4, -0.2) is 63.4 Å². The van der Waals surface area contributed by atoms with Gasteiger partial charge in [0.15, 0.2) is 0 Å². The van der Waals surface area contributed by atoms with Crippen molar-refractivity contribution in [1.82, 2.24) is 24.2 Å². The number of para-hydroxylation sites is 1. The van der Waals surface area contributed by atoms with Crippen molar-refractivity contribution >= 4 is 11.3 Å². The molecule has 174 valence electrons. The van der Waals surface area contributed by atoms with Crippen LogP contribution < -0.4 is 10.5 Å². The van der Waals surface area contributed by atoms with Crippen LogP contribution in [-0.2, 0) is 0 Å². The largest absolute Gasteiger partial charge is 0.457 e. The molecule has 0 radical (unpaired) electrons. The Balaban J connectivity index is 1.25. The van der Waals surface area contributed by atoms with E-state index in [0.717, 1.165) is 73.1 Å². The minimum absolute atomic E-state index is 0.438. The number of imidazole rings is 1. The first-order valence-electron chi connectivity index (χ1n) is 12.0. The van der Waals surface area contributed by atoms with Crippen molar-refractivity contribution in [2.75, 3.05) is 39.0 Å². The lowest BCUT2D eigenvalue weighted by Gasteiger charge is -2.45. The monoisotopic (exact) mass is 454 g/mol. The summed E-state index contributed by atoms with van der Waals surface area (Å²) in [7, 11) is 2.21. The average molecular weight is 455 g/mol. The topological polar surface area (TPSA) is 71.9 Å². The molecule has 1 saturated carbocycles. The molecule has 2 aliphatic rings. The van der Waals surface area contributed by atoms with Crippen molar-refractivity contribution in [2.45, 2.75) is 24.8 Å². The quantitative estimate of drug-likeness (QED) is 0.486. The van der Waals surface area contributed by atoms with Crippen LogP contribution in [0.15, 0.2) is 67.0 Å². The number of aromatic nitrogens is 3. The fourth-order valence-electron chi connectivity index (χ4n) is 5.17. The molecule has 3 heterocycles. The van der Waals surface area contributed by atoms with Crippen LogP contribution in [0.4, 0.5) is 5.82 Å². The lowest BCUT2D eigenvalue weighted by molar-refractivity contribution is 0.0586. The van der Waals surface area contributed by atoms with Crippen molar-refractivity contribution < 1.29 is 4.74 Å². The third-order valence-corrected chi connectivity index (χ3v) is 7.25. The zero-order valence-electron chi connectivity index (χ0n) is 19.5. The van der Waals surface area contributed by atoms with Crippen molar-refractivity contribution in [3.63, 3.8) is 0 Å². The predicted octanol–water partition coefficient (Wildman–Crippen LogP) is 4.26. The molecule has 0 spiro atoms. The third-order valence-electron chi connectivity index (χ3n) is 7.25. The van der Waals surface area contributed by atoms with Gasteiger partial charge in [-0.25, -0.2) is 9.97 Å². The second-order valence-electron chi connectivity index (χ2n) is 9.45. The van der Waals surface area contributed by atoms with Gasteiger partial charge in [0.2, 0.25) is 0 Å². The van der Waals surface area contributed by atoms with Crippen LogP contribution in [0.25, 0.3) is 16.8 Å². The van der Waals surface area contributed by atoms with E-state index in [9.17, 15) is 0 Å². The van der Waals surface area contributed by atoms with Crippen LogP contribution >= 0.6 is 0 Å². The first-order chi connectivity index (χ1) is 16.7. The Morgan fingerprint density at radius 1 is 0.912 bits per heavy atom. The fraction of sp³-hybridized carbons (Fsp3) is 0.333. The summed E-state index contributed by atoms with van der Waals surface area (Å²) < 4.78 is 8.11. The van der Waals surface area contributed by atoms with E-state index in [0.29, 0.717) is 17.8 Å². The fourth-order valence-corrected chi connectivity index (χ4v) is 5.17. The molecular formula is C27H30N6O. The molecule has 2 N–H and O–H groups in total. The predicted molar refractivity (Wildman–Crippen MR) is 134 cm³/mol. The lowest BCUT2D eigenvalue weighted by Crippen LogP contribution is -2.52. The first kappa shape index (κ1) is 21.1. The number of hydrogen-bond acceptors (Lipinski definition) is 6. The van der Waals surface area contributed by atoms with Gasteiger partial charge in [-0.2, -0.15) is 0 Å². The molecule has 7 heteroatoms. The van der Waals surface area contributed by atoms with Gasteiger partial charge in [0.25, 0.3) is 0 Å². The van der Waals surface area contributed by atoms with Crippen molar-refractivity contribution in [1.29, 1.82) is 0 Å². The van der Waals surface area contributed by atoms with Crippen molar-refractivity contribution in [2.24, 2.45) is 0 Å². The van der Waals surface area contributed by atoms with E-state index in [1.54, 1.807) is 6.20 Å². The first-order valence-corrected chi connectivity index (χ1v) is 12.0. The summed E-state index contributed by atoms with van der Waals surface area (Å²) in [5.74, 6) is 3.65. The third kappa shape index (κ3) is 3.91. The second kappa shape index (κ2) is 8.74.